The molecule has 0 saturated heterocycles. The van der Waals surface area contributed by atoms with Gasteiger partial charge in [-0.25, -0.2) is 9.59 Å². The van der Waals surface area contributed by atoms with E-state index in [2.05, 4.69) is 10.6 Å². The Morgan fingerprint density at radius 1 is 0.848 bits per heavy atom. The van der Waals surface area contributed by atoms with Crippen LogP contribution in [0.15, 0.2) is 54.6 Å². The first-order valence-corrected chi connectivity index (χ1v) is 16.4. The molecule has 3 amide bonds. The Hall–Kier alpha value is -3.88. The normalized spacial score (nSPS) is 15.6. The van der Waals surface area contributed by atoms with E-state index in [0.29, 0.717) is 12.0 Å². The average molecular weight is 636 g/mol. The Balaban J connectivity index is 2.06. The van der Waals surface area contributed by atoms with Crippen LogP contribution < -0.4 is 10.6 Å². The number of carbonyl (C=O) groups excluding carboxylic acids is 4. The fraction of sp³-hybridized carbons (Fsp3) is 0.568. The number of rotatable bonds is 12. The van der Waals surface area contributed by atoms with Gasteiger partial charge in [0.1, 0.15) is 29.3 Å². The third-order valence-corrected chi connectivity index (χ3v) is 7.59. The Kier molecular flexibility index (Phi) is 12.4. The molecule has 1 saturated carbocycles. The second-order valence-corrected chi connectivity index (χ2v) is 14.8. The first-order valence-electron chi connectivity index (χ1n) is 16.4. The van der Waals surface area contributed by atoms with E-state index >= 15 is 0 Å². The molecule has 0 aliphatic heterocycles. The van der Waals surface area contributed by atoms with E-state index in [9.17, 15) is 19.2 Å². The zero-order valence-corrected chi connectivity index (χ0v) is 29.0. The summed E-state index contributed by atoms with van der Waals surface area (Å²) in [7, 11) is 0. The molecule has 1 aliphatic carbocycles. The summed E-state index contributed by atoms with van der Waals surface area (Å²) in [6, 6.07) is 13.8. The number of ether oxygens (including phenoxy) is 2. The van der Waals surface area contributed by atoms with Crippen molar-refractivity contribution >= 4 is 23.9 Å². The number of alkyl carbamates (subject to hydrolysis) is 1. The third-order valence-electron chi connectivity index (χ3n) is 7.59. The van der Waals surface area contributed by atoms with Crippen LogP contribution in [0.5, 0.6) is 0 Å². The first kappa shape index (κ1) is 36.6. The molecular formula is C37H53N3O6. The van der Waals surface area contributed by atoms with Crippen LogP contribution in [-0.4, -0.2) is 58.1 Å². The minimum Gasteiger partial charge on any atom is -0.458 e. The highest BCUT2D eigenvalue weighted by Gasteiger charge is 2.43. The van der Waals surface area contributed by atoms with Crippen molar-refractivity contribution in [1.29, 1.82) is 0 Å². The summed E-state index contributed by atoms with van der Waals surface area (Å²) in [6.07, 6.45) is 2.25. The number of hydrogen-bond acceptors (Lipinski definition) is 6. The van der Waals surface area contributed by atoms with E-state index in [1.54, 1.807) is 46.4 Å². The second kappa shape index (κ2) is 15.6. The van der Waals surface area contributed by atoms with Crippen LogP contribution in [0.2, 0.25) is 0 Å². The number of nitrogens with zero attached hydrogens (tertiary/aromatic N) is 1. The van der Waals surface area contributed by atoms with Crippen molar-refractivity contribution < 1.29 is 28.7 Å². The topological polar surface area (TPSA) is 114 Å². The Morgan fingerprint density at radius 2 is 1.48 bits per heavy atom. The van der Waals surface area contributed by atoms with Gasteiger partial charge in [0.25, 0.3) is 0 Å². The molecule has 2 aromatic carbocycles. The van der Waals surface area contributed by atoms with Crippen molar-refractivity contribution in [2.45, 2.75) is 130 Å². The zero-order chi connectivity index (χ0) is 34.2. The number of nitrogens with one attached hydrogen (secondary N) is 2. The summed E-state index contributed by atoms with van der Waals surface area (Å²) in [5, 5.41) is 5.78. The maximum absolute atomic E-state index is 14.6. The minimum atomic E-state index is -1.05. The highest BCUT2D eigenvalue weighted by molar-refractivity contribution is 5.94. The Morgan fingerprint density at radius 3 is 2.00 bits per heavy atom. The molecule has 9 heteroatoms. The van der Waals surface area contributed by atoms with Crippen molar-refractivity contribution in [3.05, 3.63) is 71.3 Å². The molecule has 0 radical (unpaired) electrons. The van der Waals surface area contributed by atoms with Gasteiger partial charge in [-0.15, -0.1) is 0 Å². The number of benzene rings is 2. The molecular weight excluding hydrogens is 582 g/mol. The molecule has 3 unspecified atom stereocenters. The summed E-state index contributed by atoms with van der Waals surface area (Å²) in [4.78, 5) is 57.2. The summed E-state index contributed by atoms with van der Waals surface area (Å²) < 4.78 is 11.2. The molecule has 0 aromatic heterocycles. The largest absolute Gasteiger partial charge is 0.458 e. The van der Waals surface area contributed by atoms with E-state index < -0.39 is 47.3 Å². The first-order chi connectivity index (χ1) is 21.4. The predicted molar refractivity (Wildman–Crippen MR) is 179 cm³/mol. The summed E-state index contributed by atoms with van der Waals surface area (Å²) >= 11 is 0. The SMILES string of the molecule is Cc1cccc(C(C(=O)NC(Cc2ccccc2)C(=O)OC(C)(C)C)N(C(=O)C(CC(C)C)NC(=O)OC(C)(C)C)C2CCC2)c1. The van der Waals surface area contributed by atoms with Gasteiger partial charge in [-0.2, -0.15) is 0 Å². The van der Waals surface area contributed by atoms with Gasteiger partial charge in [-0.3, -0.25) is 9.59 Å². The van der Waals surface area contributed by atoms with Crippen LogP contribution in [-0.2, 0) is 30.3 Å². The molecule has 9 nitrogen and oxygen atoms in total. The van der Waals surface area contributed by atoms with Gasteiger partial charge >= 0.3 is 12.1 Å². The van der Waals surface area contributed by atoms with E-state index in [4.69, 9.17) is 9.47 Å². The van der Waals surface area contributed by atoms with Gasteiger partial charge in [0.15, 0.2) is 0 Å². The van der Waals surface area contributed by atoms with Crippen LogP contribution in [0.3, 0.4) is 0 Å². The van der Waals surface area contributed by atoms with Gasteiger partial charge in [-0.05, 0) is 91.2 Å². The number of hydrogen-bond donors (Lipinski definition) is 2. The zero-order valence-electron chi connectivity index (χ0n) is 29.0. The molecule has 3 rings (SSSR count). The van der Waals surface area contributed by atoms with Crippen molar-refractivity contribution in [2.75, 3.05) is 0 Å². The number of aryl methyl sites for hydroxylation is 1. The third kappa shape index (κ3) is 11.2. The van der Waals surface area contributed by atoms with Crippen LogP contribution in [0.4, 0.5) is 4.79 Å². The van der Waals surface area contributed by atoms with Crippen LogP contribution in [0.1, 0.15) is 104 Å². The molecule has 0 spiro atoms. The highest BCUT2D eigenvalue weighted by Crippen LogP contribution is 2.35. The standard InChI is InChI=1S/C37H53N3O6/c1-24(2)21-29(39-35(44)46-37(7,8)9)33(42)40(28-19-14-20-28)31(27-18-13-15-25(3)22-27)32(41)38-30(34(43)45-36(4,5)6)23-26-16-11-10-12-17-26/h10-13,15-18,22,24,28-31H,14,19-21,23H2,1-9H3,(H,38,41)(H,39,44). The molecule has 1 fully saturated rings. The quantitative estimate of drug-likeness (QED) is 0.260. The fourth-order valence-electron chi connectivity index (χ4n) is 5.45. The lowest BCUT2D eigenvalue weighted by Crippen LogP contribution is -2.59. The van der Waals surface area contributed by atoms with Crippen molar-refractivity contribution in [2.24, 2.45) is 5.92 Å². The van der Waals surface area contributed by atoms with Gasteiger partial charge in [0.2, 0.25) is 11.8 Å². The summed E-state index contributed by atoms with van der Waals surface area (Å²) in [5.41, 5.74) is 0.896. The molecule has 2 N–H and O–H groups in total. The van der Waals surface area contributed by atoms with Crippen LogP contribution in [0, 0.1) is 12.8 Å². The maximum atomic E-state index is 14.6. The molecule has 3 atom stereocenters. The van der Waals surface area contributed by atoms with E-state index in [1.165, 1.54) is 0 Å². The summed E-state index contributed by atoms with van der Waals surface area (Å²) in [6.45, 7) is 16.5. The van der Waals surface area contributed by atoms with Gasteiger partial charge < -0.3 is 25.0 Å². The van der Waals surface area contributed by atoms with E-state index in [1.807, 2.05) is 75.4 Å². The highest BCUT2D eigenvalue weighted by atomic mass is 16.6. The number of carbonyl (C=O) groups is 4. The minimum absolute atomic E-state index is 0.0702. The summed E-state index contributed by atoms with van der Waals surface area (Å²) in [5.74, 6) is -1.33. The number of amides is 3. The van der Waals surface area contributed by atoms with Gasteiger partial charge in [0, 0.05) is 12.5 Å². The fourth-order valence-corrected chi connectivity index (χ4v) is 5.45. The molecule has 2 aromatic rings. The smallest absolute Gasteiger partial charge is 0.408 e. The molecule has 0 heterocycles. The van der Waals surface area contributed by atoms with Crippen molar-refractivity contribution in [3.63, 3.8) is 0 Å². The number of esters is 1. The maximum Gasteiger partial charge on any atom is 0.408 e. The predicted octanol–water partition coefficient (Wildman–Crippen LogP) is 6.43. The van der Waals surface area contributed by atoms with E-state index in [-0.39, 0.29) is 24.3 Å². The lowest BCUT2D eigenvalue weighted by molar-refractivity contribution is -0.159. The Bertz CT molecular complexity index is 1340. The molecule has 252 valence electrons. The van der Waals surface area contributed by atoms with Gasteiger partial charge in [-0.1, -0.05) is 74.0 Å². The van der Waals surface area contributed by atoms with Crippen molar-refractivity contribution in [3.8, 4) is 0 Å². The van der Waals surface area contributed by atoms with Gasteiger partial charge in [0.05, 0.1) is 0 Å². The average Bonchev–Trinajstić information content (AvgIpc) is 2.89. The van der Waals surface area contributed by atoms with Crippen LogP contribution >= 0.6 is 0 Å². The van der Waals surface area contributed by atoms with E-state index in [0.717, 1.165) is 30.4 Å². The lowest BCUT2D eigenvalue weighted by Gasteiger charge is -2.44. The lowest BCUT2D eigenvalue weighted by atomic mass is 9.87. The van der Waals surface area contributed by atoms with Crippen LogP contribution in [0.25, 0.3) is 0 Å². The second-order valence-electron chi connectivity index (χ2n) is 14.8. The monoisotopic (exact) mass is 635 g/mol. The molecule has 1 aliphatic rings. The Labute approximate surface area is 274 Å². The molecule has 0 bridgehead atoms. The van der Waals surface area contributed by atoms with Crippen molar-refractivity contribution in [1.82, 2.24) is 15.5 Å². The molecule has 46 heavy (non-hydrogen) atoms.